The predicted octanol–water partition coefficient (Wildman–Crippen LogP) is 5.65. The van der Waals surface area contributed by atoms with Gasteiger partial charge in [-0.15, -0.1) is 0 Å². The maximum atomic E-state index is 12.0. The van der Waals surface area contributed by atoms with Crippen LogP contribution in [0.1, 0.15) is 62.8 Å². The monoisotopic (exact) mass is 361 g/mol. The number of rotatable bonds is 2. The lowest BCUT2D eigenvalue weighted by atomic mass is 9.58. The third-order valence-corrected chi connectivity index (χ3v) is 7.78. The number of hydrogen-bond acceptors (Lipinski definition) is 2. The summed E-state index contributed by atoms with van der Waals surface area (Å²) in [7, 11) is 4.22. The first-order valence-electron chi connectivity index (χ1n) is 10.9. The molecule has 4 aliphatic rings. The molecule has 2 heteroatoms. The Hall–Kier alpha value is -1.83. The van der Waals surface area contributed by atoms with E-state index in [1.807, 2.05) is 6.08 Å². The summed E-state index contributed by atoms with van der Waals surface area (Å²) in [5, 5.41) is 0. The molecule has 0 heterocycles. The summed E-state index contributed by atoms with van der Waals surface area (Å²) in [6.07, 6.45) is 11.7. The van der Waals surface area contributed by atoms with Crippen molar-refractivity contribution in [3.8, 4) is 0 Å². The van der Waals surface area contributed by atoms with Gasteiger partial charge in [0.15, 0.2) is 5.78 Å². The van der Waals surface area contributed by atoms with Gasteiger partial charge >= 0.3 is 0 Å². The van der Waals surface area contributed by atoms with E-state index < -0.39 is 0 Å². The first-order valence-corrected chi connectivity index (χ1v) is 10.9. The molecule has 0 radical (unpaired) electrons. The lowest BCUT2D eigenvalue weighted by Crippen LogP contribution is -2.35. The van der Waals surface area contributed by atoms with Crippen molar-refractivity contribution in [1.29, 1.82) is 0 Å². The summed E-state index contributed by atoms with van der Waals surface area (Å²) >= 11 is 0. The molecular weight excluding hydrogens is 330 g/mol. The van der Waals surface area contributed by atoms with E-state index in [4.69, 9.17) is 0 Å². The largest absolute Gasteiger partial charge is 0.378 e. The minimum atomic E-state index is 0.342. The van der Waals surface area contributed by atoms with Gasteiger partial charge in [0.2, 0.25) is 0 Å². The Labute approximate surface area is 163 Å². The van der Waals surface area contributed by atoms with Gasteiger partial charge in [-0.2, -0.15) is 0 Å². The highest BCUT2D eigenvalue weighted by molar-refractivity contribution is 5.93. The number of carbonyl (C=O) groups excluding carboxylic acids is 1. The molecule has 0 saturated heterocycles. The van der Waals surface area contributed by atoms with Crippen LogP contribution in [0.4, 0.5) is 5.69 Å². The summed E-state index contributed by atoms with van der Waals surface area (Å²) in [5.74, 6) is 3.49. The van der Waals surface area contributed by atoms with Crippen molar-refractivity contribution >= 4 is 11.5 Å². The van der Waals surface area contributed by atoms with Gasteiger partial charge in [-0.25, -0.2) is 0 Å². The number of benzene rings is 1. The van der Waals surface area contributed by atoms with Crippen molar-refractivity contribution in [2.45, 2.75) is 57.3 Å². The number of allylic oxidation sites excluding steroid dienone is 4. The third kappa shape index (κ3) is 2.88. The molecule has 4 atom stereocenters. The lowest BCUT2D eigenvalue weighted by molar-refractivity contribution is -0.114. The van der Waals surface area contributed by atoms with Crippen LogP contribution in [-0.4, -0.2) is 19.9 Å². The van der Waals surface area contributed by atoms with Gasteiger partial charge in [-0.3, -0.25) is 4.79 Å². The topological polar surface area (TPSA) is 20.3 Å². The van der Waals surface area contributed by atoms with Crippen LogP contribution in [0.2, 0.25) is 0 Å². The van der Waals surface area contributed by atoms with E-state index in [0.717, 1.165) is 37.0 Å². The zero-order valence-corrected chi connectivity index (χ0v) is 16.7. The fraction of sp³-hybridized carbons (Fsp3) is 0.560. The Balaban J connectivity index is 1.60. The summed E-state index contributed by atoms with van der Waals surface area (Å²) < 4.78 is 0. The molecule has 5 rings (SSSR count). The quantitative estimate of drug-likeness (QED) is 0.678. The molecule has 0 bridgehead atoms. The van der Waals surface area contributed by atoms with Crippen LogP contribution in [0.3, 0.4) is 0 Å². The molecule has 4 aliphatic carbocycles. The Morgan fingerprint density at radius 1 is 0.963 bits per heavy atom. The van der Waals surface area contributed by atoms with E-state index in [9.17, 15) is 4.79 Å². The zero-order chi connectivity index (χ0) is 18.5. The number of carbonyl (C=O) groups is 1. The number of ketones is 1. The molecule has 2 nitrogen and oxygen atoms in total. The minimum Gasteiger partial charge on any atom is -0.378 e. The van der Waals surface area contributed by atoms with Gasteiger partial charge in [0, 0.05) is 32.1 Å². The second-order valence-corrected chi connectivity index (χ2v) is 9.34. The summed E-state index contributed by atoms with van der Waals surface area (Å²) in [6, 6.07) is 9.29. The van der Waals surface area contributed by atoms with E-state index in [0.29, 0.717) is 11.7 Å². The zero-order valence-electron chi connectivity index (χ0n) is 16.7. The SMILES string of the molecule is CN(C)c1ccc(C2CC3CCCC3C3CCC4=CC(=O)CCC4=C23)cc1. The molecule has 4 unspecified atom stereocenters. The first kappa shape index (κ1) is 17.3. The van der Waals surface area contributed by atoms with Crippen LogP contribution >= 0.6 is 0 Å². The van der Waals surface area contributed by atoms with Gasteiger partial charge in [-0.05, 0) is 84.8 Å². The van der Waals surface area contributed by atoms with Gasteiger partial charge in [0.1, 0.15) is 0 Å². The number of nitrogens with zero attached hydrogens (tertiary/aromatic N) is 1. The highest BCUT2D eigenvalue weighted by Crippen LogP contribution is 2.58. The van der Waals surface area contributed by atoms with Gasteiger partial charge in [0.25, 0.3) is 0 Å². The van der Waals surface area contributed by atoms with Crippen LogP contribution in [0.15, 0.2) is 47.1 Å². The smallest absolute Gasteiger partial charge is 0.156 e. The number of anilines is 1. The van der Waals surface area contributed by atoms with Crippen molar-refractivity contribution in [2.75, 3.05) is 19.0 Å². The highest BCUT2D eigenvalue weighted by Gasteiger charge is 2.46. The molecule has 0 aliphatic heterocycles. The molecule has 0 amide bonds. The first-order chi connectivity index (χ1) is 13.1. The molecule has 27 heavy (non-hydrogen) atoms. The highest BCUT2D eigenvalue weighted by atomic mass is 16.1. The molecule has 2 fully saturated rings. The average Bonchev–Trinajstić information content (AvgIpc) is 3.15. The Bertz CT molecular complexity index is 813. The maximum absolute atomic E-state index is 12.0. The van der Waals surface area contributed by atoms with Crippen LogP contribution < -0.4 is 4.90 Å². The fourth-order valence-electron chi connectivity index (χ4n) is 6.56. The van der Waals surface area contributed by atoms with Crippen molar-refractivity contribution in [2.24, 2.45) is 17.8 Å². The maximum Gasteiger partial charge on any atom is 0.156 e. The third-order valence-electron chi connectivity index (χ3n) is 7.78. The van der Waals surface area contributed by atoms with Gasteiger partial charge in [-0.1, -0.05) is 30.5 Å². The standard InChI is InChI=1S/C25H31NO/c1-26(2)19-9-6-16(7-10-19)24-15-17-4-3-5-21(17)23-12-8-18-14-20(27)11-13-22(18)25(23)24/h6-7,9-10,14,17,21,23-24H,3-5,8,11-13,15H2,1-2H3. The molecule has 0 aromatic heterocycles. The molecule has 2 saturated carbocycles. The summed E-state index contributed by atoms with van der Waals surface area (Å²) in [6.45, 7) is 0. The van der Waals surface area contributed by atoms with Crippen molar-refractivity contribution in [3.63, 3.8) is 0 Å². The van der Waals surface area contributed by atoms with Crippen LogP contribution in [0.5, 0.6) is 0 Å². The van der Waals surface area contributed by atoms with Crippen molar-refractivity contribution < 1.29 is 4.79 Å². The lowest BCUT2D eigenvalue weighted by Gasteiger charge is -2.46. The number of hydrogen-bond donors (Lipinski definition) is 0. The molecule has 1 aromatic rings. The average molecular weight is 362 g/mol. The van der Waals surface area contributed by atoms with Crippen molar-refractivity contribution in [1.82, 2.24) is 0 Å². The second kappa shape index (κ2) is 6.65. The summed E-state index contributed by atoms with van der Waals surface area (Å²) in [5.41, 5.74) is 7.47. The normalized spacial score (nSPS) is 32.5. The van der Waals surface area contributed by atoms with E-state index in [-0.39, 0.29) is 0 Å². The van der Waals surface area contributed by atoms with E-state index >= 15 is 0 Å². The van der Waals surface area contributed by atoms with Crippen LogP contribution in [0, 0.1) is 17.8 Å². The van der Waals surface area contributed by atoms with E-state index in [1.54, 1.807) is 11.1 Å². The Morgan fingerprint density at radius 2 is 1.78 bits per heavy atom. The molecule has 0 spiro atoms. The predicted molar refractivity (Wildman–Crippen MR) is 111 cm³/mol. The second-order valence-electron chi connectivity index (χ2n) is 9.34. The molecule has 0 N–H and O–H groups in total. The van der Waals surface area contributed by atoms with Gasteiger partial charge < -0.3 is 4.90 Å². The molecule has 1 aromatic carbocycles. The van der Waals surface area contributed by atoms with E-state index in [2.05, 4.69) is 43.3 Å². The van der Waals surface area contributed by atoms with Gasteiger partial charge in [0.05, 0.1) is 0 Å². The van der Waals surface area contributed by atoms with Crippen LogP contribution in [0.25, 0.3) is 0 Å². The van der Waals surface area contributed by atoms with Crippen molar-refractivity contribution in [3.05, 3.63) is 52.6 Å². The number of fused-ring (bicyclic) bond motifs is 4. The fourth-order valence-corrected chi connectivity index (χ4v) is 6.56. The Kier molecular flexibility index (Phi) is 4.26. The molecular formula is C25H31NO. The minimum absolute atomic E-state index is 0.342. The summed E-state index contributed by atoms with van der Waals surface area (Å²) in [4.78, 5) is 14.2. The Morgan fingerprint density at radius 3 is 2.56 bits per heavy atom. The molecule has 142 valence electrons. The van der Waals surface area contributed by atoms with Crippen LogP contribution in [-0.2, 0) is 4.79 Å². The van der Waals surface area contributed by atoms with E-state index in [1.165, 1.54) is 48.9 Å².